The maximum atomic E-state index is 9.42. The van der Waals surface area contributed by atoms with Crippen molar-refractivity contribution in [3.05, 3.63) is 70.7 Å². The molecule has 2 rings (SSSR count). The maximum Gasteiger partial charge on any atom is 0.102 e. The van der Waals surface area contributed by atoms with E-state index < -0.39 is 0 Å². The lowest BCUT2D eigenvalue weighted by molar-refractivity contribution is 1.13. The molecule has 0 aliphatic carbocycles. The van der Waals surface area contributed by atoms with E-state index in [1.54, 1.807) is 0 Å². The molecule has 1 N–H and O–H groups in total. The smallest absolute Gasteiger partial charge is 0.102 e. The van der Waals surface area contributed by atoms with Crippen molar-refractivity contribution < 1.29 is 0 Å². The van der Waals surface area contributed by atoms with Gasteiger partial charge < -0.3 is 5.32 Å². The van der Waals surface area contributed by atoms with E-state index >= 15 is 0 Å². The van der Waals surface area contributed by atoms with Gasteiger partial charge in [-0.15, -0.1) is 0 Å². The zero-order valence-corrected chi connectivity index (χ0v) is 11.3. The number of hydrogen-bond donors (Lipinski definition) is 1. The van der Waals surface area contributed by atoms with Gasteiger partial charge in [0.1, 0.15) is 6.07 Å². The van der Waals surface area contributed by atoms with E-state index in [0.29, 0.717) is 10.6 Å². The lowest BCUT2D eigenvalue weighted by Gasteiger charge is -2.11. The van der Waals surface area contributed by atoms with Crippen molar-refractivity contribution in [1.82, 2.24) is 5.32 Å². The highest BCUT2D eigenvalue weighted by Gasteiger charge is 2.09. The SMILES string of the molecule is CNC(=C(C#N)c1ccccc1)c1ccc(Cl)cc1. The molecule has 0 amide bonds. The Kier molecular flexibility index (Phi) is 4.22. The molecule has 0 aliphatic rings. The van der Waals surface area contributed by atoms with Crippen LogP contribution in [0.25, 0.3) is 11.3 Å². The Bertz CT molecular complexity index is 622. The first-order valence-electron chi connectivity index (χ1n) is 5.89. The van der Waals surface area contributed by atoms with Crippen LogP contribution in [0.15, 0.2) is 54.6 Å². The lowest BCUT2D eigenvalue weighted by atomic mass is 10.0. The average molecular weight is 269 g/mol. The Morgan fingerprint density at radius 3 is 2.16 bits per heavy atom. The third-order valence-electron chi connectivity index (χ3n) is 2.81. The van der Waals surface area contributed by atoms with Gasteiger partial charge in [-0.05, 0) is 23.3 Å². The van der Waals surface area contributed by atoms with Crippen molar-refractivity contribution in [2.45, 2.75) is 0 Å². The standard InChI is InChI=1S/C16H13ClN2/c1-19-16(13-7-9-14(17)10-8-13)15(11-18)12-5-3-2-4-6-12/h2-10,19H,1H3. The van der Waals surface area contributed by atoms with Crippen LogP contribution in [0.2, 0.25) is 5.02 Å². The van der Waals surface area contributed by atoms with E-state index in [4.69, 9.17) is 11.6 Å². The molecule has 2 aromatic carbocycles. The molecule has 0 aromatic heterocycles. The maximum absolute atomic E-state index is 9.42. The van der Waals surface area contributed by atoms with Gasteiger partial charge in [0.2, 0.25) is 0 Å². The van der Waals surface area contributed by atoms with Crippen LogP contribution >= 0.6 is 11.6 Å². The lowest BCUT2D eigenvalue weighted by Crippen LogP contribution is -2.07. The number of nitriles is 1. The van der Waals surface area contributed by atoms with Crippen LogP contribution in [-0.2, 0) is 0 Å². The summed E-state index contributed by atoms with van der Waals surface area (Å²) in [7, 11) is 1.81. The summed E-state index contributed by atoms with van der Waals surface area (Å²) in [6.07, 6.45) is 0. The molecule has 0 unspecified atom stereocenters. The number of nitrogens with one attached hydrogen (secondary N) is 1. The summed E-state index contributed by atoms with van der Waals surface area (Å²) in [5.41, 5.74) is 3.24. The van der Waals surface area contributed by atoms with Crippen molar-refractivity contribution in [2.24, 2.45) is 0 Å². The van der Waals surface area contributed by atoms with Gasteiger partial charge in [0.25, 0.3) is 0 Å². The fourth-order valence-electron chi connectivity index (χ4n) is 1.90. The minimum Gasteiger partial charge on any atom is -0.387 e. The third kappa shape index (κ3) is 2.96. The Balaban J connectivity index is 2.57. The Morgan fingerprint density at radius 1 is 1.00 bits per heavy atom. The van der Waals surface area contributed by atoms with Crippen molar-refractivity contribution in [3.63, 3.8) is 0 Å². The minimum atomic E-state index is 0.616. The Labute approximate surface area is 118 Å². The molecule has 0 saturated carbocycles. The molecule has 0 radical (unpaired) electrons. The molecule has 0 heterocycles. The van der Waals surface area contributed by atoms with Crippen LogP contribution in [0.3, 0.4) is 0 Å². The molecule has 0 aliphatic heterocycles. The molecule has 0 fully saturated rings. The fraction of sp³-hybridized carbons (Fsp3) is 0.0625. The summed E-state index contributed by atoms with van der Waals surface area (Å²) in [4.78, 5) is 0. The van der Waals surface area contributed by atoms with Crippen molar-refractivity contribution in [2.75, 3.05) is 7.05 Å². The molecule has 19 heavy (non-hydrogen) atoms. The van der Waals surface area contributed by atoms with E-state index in [2.05, 4.69) is 11.4 Å². The van der Waals surface area contributed by atoms with E-state index in [1.165, 1.54) is 0 Å². The fourth-order valence-corrected chi connectivity index (χ4v) is 2.03. The summed E-state index contributed by atoms with van der Waals surface area (Å²) < 4.78 is 0. The summed E-state index contributed by atoms with van der Waals surface area (Å²) in [5.74, 6) is 0. The largest absolute Gasteiger partial charge is 0.387 e. The molecule has 2 aromatic rings. The van der Waals surface area contributed by atoms with Crippen molar-refractivity contribution in [3.8, 4) is 6.07 Å². The zero-order chi connectivity index (χ0) is 13.7. The highest BCUT2D eigenvalue weighted by Crippen LogP contribution is 2.24. The quantitative estimate of drug-likeness (QED) is 0.676. The molecule has 3 heteroatoms. The van der Waals surface area contributed by atoms with Crippen LogP contribution in [0.1, 0.15) is 11.1 Å². The van der Waals surface area contributed by atoms with Gasteiger partial charge in [-0.3, -0.25) is 0 Å². The average Bonchev–Trinajstić information content (AvgIpc) is 2.47. The highest BCUT2D eigenvalue weighted by molar-refractivity contribution is 6.30. The van der Waals surface area contributed by atoms with Crippen LogP contribution in [0.5, 0.6) is 0 Å². The molecular formula is C16H13ClN2. The molecule has 2 nitrogen and oxygen atoms in total. The number of nitrogens with zero attached hydrogens (tertiary/aromatic N) is 1. The molecular weight excluding hydrogens is 256 g/mol. The summed E-state index contributed by atoms with van der Waals surface area (Å²) >= 11 is 5.89. The minimum absolute atomic E-state index is 0.616. The summed E-state index contributed by atoms with van der Waals surface area (Å²) in [6, 6.07) is 19.3. The normalized spacial score (nSPS) is 11.4. The first-order valence-corrected chi connectivity index (χ1v) is 6.27. The Morgan fingerprint density at radius 2 is 1.63 bits per heavy atom. The van der Waals surface area contributed by atoms with Crippen LogP contribution in [-0.4, -0.2) is 7.05 Å². The molecule has 94 valence electrons. The number of halogens is 1. The second-order valence-electron chi connectivity index (χ2n) is 3.98. The van der Waals surface area contributed by atoms with Crippen LogP contribution in [0.4, 0.5) is 0 Å². The van der Waals surface area contributed by atoms with Gasteiger partial charge >= 0.3 is 0 Å². The first-order chi connectivity index (χ1) is 9.26. The zero-order valence-electron chi connectivity index (χ0n) is 10.5. The van der Waals surface area contributed by atoms with Gasteiger partial charge in [-0.25, -0.2) is 0 Å². The first kappa shape index (κ1) is 13.2. The van der Waals surface area contributed by atoms with Crippen molar-refractivity contribution in [1.29, 1.82) is 5.26 Å². The van der Waals surface area contributed by atoms with E-state index in [9.17, 15) is 5.26 Å². The van der Waals surface area contributed by atoms with Gasteiger partial charge in [0.15, 0.2) is 0 Å². The number of rotatable bonds is 3. The second kappa shape index (κ2) is 6.08. The van der Waals surface area contributed by atoms with Crippen LogP contribution in [0, 0.1) is 11.3 Å². The van der Waals surface area contributed by atoms with E-state index in [1.807, 2.05) is 61.6 Å². The number of allylic oxidation sites excluding steroid dienone is 1. The topological polar surface area (TPSA) is 35.8 Å². The second-order valence-corrected chi connectivity index (χ2v) is 4.42. The van der Waals surface area contributed by atoms with Crippen LogP contribution < -0.4 is 5.32 Å². The predicted molar refractivity (Wildman–Crippen MR) is 79.4 cm³/mol. The van der Waals surface area contributed by atoms with Gasteiger partial charge in [-0.2, -0.15) is 5.26 Å². The third-order valence-corrected chi connectivity index (χ3v) is 3.06. The van der Waals surface area contributed by atoms with Crippen molar-refractivity contribution >= 4 is 22.9 Å². The van der Waals surface area contributed by atoms with E-state index in [-0.39, 0.29) is 0 Å². The number of benzene rings is 2. The molecule has 0 atom stereocenters. The summed E-state index contributed by atoms with van der Waals surface area (Å²) in [6.45, 7) is 0. The summed E-state index contributed by atoms with van der Waals surface area (Å²) in [5, 5.41) is 13.2. The van der Waals surface area contributed by atoms with Gasteiger partial charge in [0.05, 0.1) is 11.3 Å². The highest BCUT2D eigenvalue weighted by atomic mass is 35.5. The molecule has 0 spiro atoms. The monoisotopic (exact) mass is 268 g/mol. The van der Waals surface area contributed by atoms with Gasteiger partial charge in [-0.1, -0.05) is 54.1 Å². The number of hydrogen-bond acceptors (Lipinski definition) is 2. The predicted octanol–water partition coefficient (Wildman–Crippen LogP) is 3.95. The Hall–Kier alpha value is -2.24. The van der Waals surface area contributed by atoms with E-state index in [0.717, 1.165) is 16.8 Å². The molecule has 0 bridgehead atoms. The molecule has 0 saturated heterocycles. The van der Waals surface area contributed by atoms with Gasteiger partial charge in [0, 0.05) is 12.1 Å².